The lowest BCUT2D eigenvalue weighted by atomic mass is 10.3. The molecule has 2 heterocycles. The molecule has 98 valence electrons. The van der Waals surface area contributed by atoms with E-state index in [4.69, 9.17) is 11.6 Å². The van der Waals surface area contributed by atoms with E-state index in [0.717, 1.165) is 29.4 Å². The van der Waals surface area contributed by atoms with Crippen molar-refractivity contribution in [2.45, 2.75) is 39.9 Å². The van der Waals surface area contributed by atoms with Crippen LogP contribution in [-0.2, 0) is 26.1 Å². The lowest BCUT2D eigenvalue weighted by Crippen LogP contribution is -2.17. The molecule has 0 saturated heterocycles. The minimum absolute atomic E-state index is 0.545. The van der Waals surface area contributed by atoms with Crippen molar-refractivity contribution in [3.63, 3.8) is 0 Å². The second kappa shape index (κ2) is 5.97. The zero-order valence-corrected chi connectivity index (χ0v) is 11.2. The highest BCUT2D eigenvalue weighted by Gasteiger charge is 2.13. The number of hydrogen-bond donors (Lipinski definition) is 1. The van der Waals surface area contributed by atoms with Crippen LogP contribution in [-0.4, -0.2) is 19.9 Å². The van der Waals surface area contributed by atoms with E-state index < -0.39 is 0 Å². The Hall–Kier alpha value is -1.40. The second-order valence-electron chi connectivity index (χ2n) is 3.83. The van der Waals surface area contributed by atoms with Gasteiger partial charge in [0.25, 0.3) is 0 Å². The largest absolute Gasteiger partial charge is 0.343 e. The maximum absolute atomic E-state index is 6.30. The van der Waals surface area contributed by atoms with Crippen molar-refractivity contribution >= 4 is 11.6 Å². The van der Waals surface area contributed by atoms with Crippen LogP contribution in [0.5, 0.6) is 0 Å². The number of halogens is 1. The molecule has 0 aliphatic heterocycles. The van der Waals surface area contributed by atoms with Crippen molar-refractivity contribution in [1.82, 2.24) is 25.2 Å². The molecule has 0 atom stereocenters. The number of aromatic nitrogens is 4. The van der Waals surface area contributed by atoms with Gasteiger partial charge in [0.15, 0.2) is 5.82 Å². The molecule has 0 saturated carbocycles. The second-order valence-corrected chi connectivity index (χ2v) is 4.21. The average Bonchev–Trinajstić information content (AvgIpc) is 2.99. The molecule has 0 aliphatic carbocycles. The van der Waals surface area contributed by atoms with E-state index >= 15 is 0 Å². The summed E-state index contributed by atoms with van der Waals surface area (Å²) in [6, 6.07) is 0. The summed E-state index contributed by atoms with van der Waals surface area (Å²) < 4.78 is 6.58. The molecule has 0 aromatic carbocycles. The van der Waals surface area contributed by atoms with Gasteiger partial charge in [-0.15, -0.1) is 0 Å². The molecule has 1 N–H and O–H groups in total. The highest BCUT2D eigenvalue weighted by molar-refractivity contribution is 6.31. The first-order valence-corrected chi connectivity index (χ1v) is 6.34. The minimum atomic E-state index is 0.545. The van der Waals surface area contributed by atoms with E-state index in [-0.39, 0.29) is 0 Å². The number of hydrogen-bond acceptors (Lipinski definition) is 5. The Morgan fingerprint density at radius 3 is 2.83 bits per heavy atom. The van der Waals surface area contributed by atoms with Crippen LogP contribution in [0.3, 0.4) is 0 Å². The molecule has 0 aliphatic rings. The van der Waals surface area contributed by atoms with Crippen LogP contribution < -0.4 is 5.32 Å². The molecule has 2 aromatic rings. The van der Waals surface area contributed by atoms with E-state index in [0.29, 0.717) is 18.9 Å². The molecule has 0 radical (unpaired) electrons. The van der Waals surface area contributed by atoms with Gasteiger partial charge in [-0.3, -0.25) is 4.68 Å². The van der Waals surface area contributed by atoms with Crippen molar-refractivity contribution in [2.75, 3.05) is 0 Å². The van der Waals surface area contributed by atoms with Gasteiger partial charge >= 0.3 is 0 Å². The van der Waals surface area contributed by atoms with Crippen molar-refractivity contribution in [1.29, 1.82) is 0 Å². The van der Waals surface area contributed by atoms with Gasteiger partial charge in [0, 0.05) is 13.1 Å². The van der Waals surface area contributed by atoms with Crippen LogP contribution in [0.15, 0.2) is 10.9 Å². The molecule has 0 unspecified atom stereocenters. The molecule has 0 fully saturated rings. The third kappa shape index (κ3) is 2.70. The normalized spacial score (nSPS) is 11.1. The molecule has 7 heteroatoms. The summed E-state index contributed by atoms with van der Waals surface area (Å²) in [5.74, 6) is 0.629. The average molecular weight is 270 g/mol. The fourth-order valence-corrected chi connectivity index (χ4v) is 2.08. The van der Waals surface area contributed by atoms with E-state index in [2.05, 4.69) is 25.1 Å². The van der Waals surface area contributed by atoms with Crippen molar-refractivity contribution in [3.05, 3.63) is 28.6 Å². The molecule has 0 bridgehead atoms. The third-order valence-electron chi connectivity index (χ3n) is 2.68. The van der Waals surface area contributed by atoms with Gasteiger partial charge < -0.3 is 9.84 Å². The molecule has 0 spiro atoms. The van der Waals surface area contributed by atoms with Crippen LogP contribution >= 0.6 is 11.6 Å². The zero-order chi connectivity index (χ0) is 13.0. The van der Waals surface area contributed by atoms with E-state index in [1.165, 1.54) is 6.39 Å². The first kappa shape index (κ1) is 13.0. The first-order chi connectivity index (χ1) is 8.76. The summed E-state index contributed by atoms with van der Waals surface area (Å²) in [5, 5.41) is 12.2. The Labute approximate surface area is 110 Å². The molecule has 0 amide bonds. The Morgan fingerprint density at radius 1 is 1.39 bits per heavy atom. The van der Waals surface area contributed by atoms with Crippen molar-refractivity contribution in [3.8, 4) is 0 Å². The van der Waals surface area contributed by atoms with Gasteiger partial charge in [0.05, 0.1) is 23.0 Å². The van der Waals surface area contributed by atoms with Crippen molar-refractivity contribution < 1.29 is 4.52 Å². The predicted molar refractivity (Wildman–Crippen MR) is 67.1 cm³/mol. The highest BCUT2D eigenvalue weighted by atomic mass is 35.5. The summed E-state index contributed by atoms with van der Waals surface area (Å²) >= 11 is 6.30. The first-order valence-electron chi connectivity index (χ1n) is 5.96. The molecular weight excluding hydrogens is 254 g/mol. The van der Waals surface area contributed by atoms with Crippen LogP contribution in [0.4, 0.5) is 0 Å². The lowest BCUT2D eigenvalue weighted by Gasteiger charge is -2.05. The number of aryl methyl sites for hydroxylation is 2. The fraction of sp³-hybridized carbons (Fsp3) is 0.545. The van der Waals surface area contributed by atoms with Gasteiger partial charge in [-0.25, -0.2) is 0 Å². The standard InChI is InChI=1S/C11H16ClN5O/c1-3-8-11(12)9(17(4-2)15-8)5-13-6-10-14-7-18-16-10/h7,13H,3-6H2,1-2H3. The predicted octanol–water partition coefficient (Wildman–Crippen LogP) is 1.79. The van der Waals surface area contributed by atoms with Crippen LogP contribution in [0, 0.1) is 0 Å². The SMILES string of the molecule is CCc1nn(CC)c(CNCc2ncon2)c1Cl. The molecule has 2 rings (SSSR count). The van der Waals surface area contributed by atoms with Gasteiger partial charge in [-0.1, -0.05) is 23.7 Å². The van der Waals surface area contributed by atoms with Gasteiger partial charge in [0.2, 0.25) is 6.39 Å². The van der Waals surface area contributed by atoms with E-state index in [9.17, 15) is 0 Å². The summed E-state index contributed by atoms with van der Waals surface area (Å²) in [6.07, 6.45) is 2.15. The summed E-state index contributed by atoms with van der Waals surface area (Å²) in [6.45, 7) is 6.08. The molecule has 6 nitrogen and oxygen atoms in total. The number of rotatable bonds is 6. The molecule has 2 aromatic heterocycles. The Morgan fingerprint density at radius 2 is 2.22 bits per heavy atom. The maximum atomic E-state index is 6.30. The third-order valence-corrected chi connectivity index (χ3v) is 3.11. The van der Waals surface area contributed by atoms with Crippen molar-refractivity contribution in [2.24, 2.45) is 0 Å². The number of nitrogens with one attached hydrogen (secondary N) is 1. The van der Waals surface area contributed by atoms with Gasteiger partial charge in [-0.2, -0.15) is 10.1 Å². The quantitative estimate of drug-likeness (QED) is 0.866. The summed E-state index contributed by atoms with van der Waals surface area (Å²) in [7, 11) is 0. The summed E-state index contributed by atoms with van der Waals surface area (Å²) in [5.41, 5.74) is 1.94. The smallest absolute Gasteiger partial charge is 0.213 e. The topological polar surface area (TPSA) is 68.8 Å². The molecular formula is C11H16ClN5O. The van der Waals surface area contributed by atoms with E-state index in [1.54, 1.807) is 0 Å². The Balaban J connectivity index is 2.01. The number of nitrogens with zero attached hydrogens (tertiary/aromatic N) is 4. The summed E-state index contributed by atoms with van der Waals surface area (Å²) in [4.78, 5) is 3.94. The maximum Gasteiger partial charge on any atom is 0.213 e. The minimum Gasteiger partial charge on any atom is -0.343 e. The monoisotopic (exact) mass is 269 g/mol. The lowest BCUT2D eigenvalue weighted by molar-refractivity contribution is 0.407. The zero-order valence-electron chi connectivity index (χ0n) is 10.5. The van der Waals surface area contributed by atoms with Crippen LogP contribution in [0.1, 0.15) is 31.1 Å². The van der Waals surface area contributed by atoms with Gasteiger partial charge in [0.1, 0.15) is 0 Å². The Kier molecular flexibility index (Phi) is 4.33. The fourth-order valence-electron chi connectivity index (χ4n) is 1.75. The van der Waals surface area contributed by atoms with Gasteiger partial charge in [-0.05, 0) is 13.3 Å². The highest BCUT2D eigenvalue weighted by Crippen LogP contribution is 2.21. The Bertz CT molecular complexity index is 494. The molecule has 18 heavy (non-hydrogen) atoms. The van der Waals surface area contributed by atoms with E-state index in [1.807, 2.05) is 18.5 Å². The van der Waals surface area contributed by atoms with Crippen LogP contribution in [0.25, 0.3) is 0 Å². The van der Waals surface area contributed by atoms with Crippen LogP contribution in [0.2, 0.25) is 5.02 Å².